The number of ether oxygens (including phenoxy) is 3. The molecule has 0 atom stereocenters. The fourth-order valence-electron chi connectivity index (χ4n) is 3.15. The van der Waals surface area contributed by atoms with Crippen molar-refractivity contribution in [2.75, 3.05) is 41.0 Å². The van der Waals surface area contributed by atoms with Crippen LogP contribution in [0.25, 0.3) is 0 Å². The molecule has 28 heavy (non-hydrogen) atoms. The predicted molar refractivity (Wildman–Crippen MR) is 116 cm³/mol. The van der Waals surface area contributed by atoms with Crippen molar-refractivity contribution in [3.05, 3.63) is 17.7 Å². The number of benzene rings is 1. The molecule has 0 saturated carbocycles. The number of hydrogen-bond donors (Lipinski definition) is 2. The second-order valence-corrected chi connectivity index (χ2v) is 7.08. The van der Waals surface area contributed by atoms with Crippen LogP contribution < -0.4 is 24.8 Å². The van der Waals surface area contributed by atoms with Crippen molar-refractivity contribution >= 4 is 5.96 Å². The van der Waals surface area contributed by atoms with Gasteiger partial charge in [-0.05, 0) is 52.3 Å². The summed E-state index contributed by atoms with van der Waals surface area (Å²) in [5, 5.41) is 6.72. The van der Waals surface area contributed by atoms with E-state index in [0.29, 0.717) is 35.9 Å². The highest BCUT2D eigenvalue weighted by molar-refractivity contribution is 5.79. The summed E-state index contributed by atoms with van der Waals surface area (Å²) in [6.07, 6.45) is 0. The van der Waals surface area contributed by atoms with Crippen LogP contribution in [0.2, 0.25) is 0 Å². The molecular weight excluding hydrogens is 356 g/mol. The van der Waals surface area contributed by atoms with Crippen molar-refractivity contribution in [1.29, 1.82) is 0 Å². The number of hydrogen-bond acceptors (Lipinski definition) is 5. The molecule has 7 heteroatoms. The predicted octanol–water partition coefficient (Wildman–Crippen LogP) is 2.89. The molecule has 0 spiro atoms. The molecule has 0 radical (unpaired) electrons. The summed E-state index contributed by atoms with van der Waals surface area (Å²) in [5.74, 6) is 2.65. The number of nitrogens with one attached hydrogen (secondary N) is 2. The first-order chi connectivity index (χ1) is 13.4. The minimum atomic E-state index is 0.504. The molecule has 0 heterocycles. The van der Waals surface area contributed by atoms with Gasteiger partial charge in [0.25, 0.3) is 0 Å². The van der Waals surface area contributed by atoms with Gasteiger partial charge in [-0.2, -0.15) is 0 Å². The monoisotopic (exact) mass is 394 g/mol. The van der Waals surface area contributed by atoms with Crippen LogP contribution in [0.1, 0.15) is 40.2 Å². The van der Waals surface area contributed by atoms with E-state index in [4.69, 9.17) is 19.2 Å². The van der Waals surface area contributed by atoms with E-state index in [2.05, 4.69) is 50.2 Å². The summed E-state index contributed by atoms with van der Waals surface area (Å²) in [6, 6.07) is 4.88. The third-order valence-electron chi connectivity index (χ3n) is 4.48. The van der Waals surface area contributed by atoms with Gasteiger partial charge in [0, 0.05) is 31.7 Å². The van der Waals surface area contributed by atoms with Crippen LogP contribution in [-0.2, 0) is 6.54 Å². The number of guanidine groups is 1. The second kappa shape index (κ2) is 12.3. The zero-order chi connectivity index (χ0) is 21.1. The third kappa shape index (κ3) is 7.11. The Kier molecular flexibility index (Phi) is 10.5. The van der Waals surface area contributed by atoms with Gasteiger partial charge < -0.3 is 24.8 Å². The van der Waals surface area contributed by atoms with Crippen molar-refractivity contribution in [3.8, 4) is 17.2 Å². The summed E-state index contributed by atoms with van der Waals surface area (Å²) in [7, 11) is 4.83. The van der Waals surface area contributed by atoms with E-state index in [0.717, 1.165) is 31.2 Å². The first kappa shape index (κ1) is 23.9. The maximum absolute atomic E-state index is 5.42. The van der Waals surface area contributed by atoms with Gasteiger partial charge >= 0.3 is 0 Å². The highest BCUT2D eigenvalue weighted by Gasteiger charge is 2.14. The lowest BCUT2D eigenvalue weighted by Gasteiger charge is -2.30. The summed E-state index contributed by atoms with van der Waals surface area (Å²) >= 11 is 0. The van der Waals surface area contributed by atoms with Gasteiger partial charge in [-0.1, -0.05) is 0 Å². The van der Waals surface area contributed by atoms with Gasteiger partial charge in [0.15, 0.2) is 17.5 Å². The third-order valence-corrected chi connectivity index (χ3v) is 4.48. The average Bonchev–Trinajstić information content (AvgIpc) is 2.67. The standard InChI is InChI=1S/C21H38N4O3/c1-9-22-21(23-10-11-25(15(2)3)16(4)5)24-14-17-12-18(26-6)20(28-8)19(13-17)27-7/h12-13,15-16H,9-11,14H2,1-8H3,(H2,22,23,24). The lowest BCUT2D eigenvalue weighted by molar-refractivity contribution is 0.178. The fraction of sp³-hybridized carbons (Fsp3) is 0.667. The van der Waals surface area contributed by atoms with E-state index < -0.39 is 0 Å². The summed E-state index contributed by atoms with van der Waals surface area (Å²) < 4.78 is 16.2. The quantitative estimate of drug-likeness (QED) is 0.444. The van der Waals surface area contributed by atoms with E-state index in [1.165, 1.54) is 0 Å². The van der Waals surface area contributed by atoms with Gasteiger partial charge in [-0.15, -0.1) is 0 Å². The Balaban J connectivity index is 2.84. The van der Waals surface area contributed by atoms with Crippen LogP contribution in [0, 0.1) is 0 Å². The molecule has 7 nitrogen and oxygen atoms in total. The molecule has 0 aliphatic rings. The van der Waals surface area contributed by atoms with E-state index in [-0.39, 0.29) is 0 Å². The molecule has 2 N–H and O–H groups in total. The summed E-state index contributed by atoms with van der Waals surface area (Å²) in [6.45, 7) is 14.1. The molecule has 0 aliphatic heterocycles. The molecule has 160 valence electrons. The molecule has 0 amide bonds. The van der Waals surface area contributed by atoms with Crippen LogP contribution in [0.3, 0.4) is 0 Å². The SMILES string of the molecule is CCNC(=NCc1cc(OC)c(OC)c(OC)c1)NCCN(C(C)C)C(C)C. The fourth-order valence-corrected chi connectivity index (χ4v) is 3.15. The van der Waals surface area contributed by atoms with Crippen molar-refractivity contribution in [1.82, 2.24) is 15.5 Å². The zero-order valence-electron chi connectivity index (χ0n) is 18.8. The van der Waals surface area contributed by atoms with Crippen molar-refractivity contribution < 1.29 is 14.2 Å². The van der Waals surface area contributed by atoms with E-state index in [1.807, 2.05) is 12.1 Å². The zero-order valence-corrected chi connectivity index (χ0v) is 18.8. The number of nitrogens with zero attached hydrogens (tertiary/aromatic N) is 2. The van der Waals surface area contributed by atoms with Crippen molar-refractivity contribution in [3.63, 3.8) is 0 Å². The highest BCUT2D eigenvalue weighted by Crippen LogP contribution is 2.38. The van der Waals surface area contributed by atoms with Crippen LogP contribution in [0.5, 0.6) is 17.2 Å². The Morgan fingerprint density at radius 1 is 0.964 bits per heavy atom. The smallest absolute Gasteiger partial charge is 0.203 e. The summed E-state index contributed by atoms with van der Waals surface area (Å²) in [5.41, 5.74) is 0.984. The largest absolute Gasteiger partial charge is 0.493 e. The first-order valence-corrected chi connectivity index (χ1v) is 9.94. The van der Waals surface area contributed by atoms with Gasteiger partial charge in [-0.25, -0.2) is 4.99 Å². The van der Waals surface area contributed by atoms with Crippen molar-refractivity contribution in [2.45, 2.75) is 53.2 Å². The topological polar surface area (TPSA) is 67.4 Å². The molecular formula is C21H38N4O3. The normalized spacial score (nSPS) is 11.9. The molecule has 0 fully saturated rings. The molecule has 0 aromatic heterocycles. The van der Waals surface area contributed by atoms with Gasteiger partial charge in [0.1, 0.15) is 0 Å². The number of rotatable bonds is 11. The maximum atomic E-state index is 5.42. The highest BCUT2D eigenvalue weighted by atomic mass is 16.5. The van der Waals surface area contributed by atoms with Crippen LogP contribution in [0.4, 0.5) is 0 Å². The number of aliphatic imine (C=N–C) groups is 1. The van der Waals surface area contributed by atoms with Crippen LogP contribution in [0.15, 0.2) is 17.1 Å². The Labute approximate surface area is 170 Å². The van der Waals surface area contributed by atoms with E-state index in [1.54, 1.807) is 21.3 Å². The maximum Gasteiger partial charge on any atom is 0.203 e. The van der Waals surface area contributed by atoms with Crippen LogP contribution in [-0.4, -0.2) is 63.9 Å². The average molecular weight is 395 g/mol. The number of methoxy groups -OCH3 is 3. The second-order valence-electron chi connectivity index (χ2n) is 7.08. The molecule has 1 aromatic carbocycles. The lowest BCUT2D eigenvalue weighted by atomic mass is 10.2. The first-order valence-electron chi connectivity index (χ1n) is 9.94. The lowest BCUT2D eigenvalue weighted by Crippen LogP contribution is -2.45. The van der Waals surface area contributed by atoms with Crippen molar-refractivity contribution in [2.24, 2.45) is 4.99 Å². The van der Waals surface area contributed by atoms with Gasteiger partial charge in [-0.3, -0.25) is 4.90 Å². The Hall–Kier alpha value is -2.15. The van der Waals surface area contributed by atoms with Gasteiger partial charge in [0.2, 0.25) is 5.75 Å². The Morgan fingerprint density at radius 2 is 1.54 bits per heavy atom. The Morgan fingerprint density at radius 3 is 1.96 bits per heavy atom. The van der Waals surface area contributed by atoms with Crippen LogP contribution >= 0.6 is 0 Å². The molecule has 0 saturated heterocycles. The minimum absolute atomic E-state index is 0.504. The molecule has 0 bridgehead atoms. The molecule has 0 unspecified atom stereocenters. The molecule has 1 aromatic rings. The Bertz CT molecular complexity index is 585. The van der Waals surface area contributed by atoms with Gasteiger partial charge in [0.05, 0.1) is 27.9 Å². The molecule has 0 aliphatic carbocycles. The van der Waals surface area contributed by atoms with E-state index in [9.17, 15) is 0 Å². The molecule has 1 rings (SSSR count). The summed E-state index contributed by atoms with van der Waals surface area (Å²) in [4.78, 5) is 7.15. The van der Waals surface area contributed by atoms with E-state index >= 15 is 0 Å². The minimum Gasteiger partial charge on any atom is -0.493 e.